The van der Waals surface area contributed by atoms with Crippen molar-refractivity contribution in [3.8, 4) is 0 Å². The van der Waals surface area contributed by atoms with Crippen LogP contribution in [0.15, 0.2) is 17.5 Å². The predicted octanol–water partition coefficient (Wildman–Crippen LogP) is 3.18. The number of rotatable bonds is 7. The molecule has 0 bridgehead atoms. The lowest BCUT2D eigenvalue weighted by atomic mass is 10.1. The van der Waals surface area contributed by atoms with E-state index in [2.05, 4.69) is 49.8 Å². The summed E-state index contributed by atoms with van der Waals surface area (Å²) in [6.07, 6.45) is 7.91. The molecule has 0 spiro atoms. The molecule has 1 saturated heterocycles. The molecule has 1 saturated carbocycles. The molecule has 0 unspecified atom stereocenters. The fraction of sp³-hybridized carbons (Fsp3) is 0.737. The number of nitrogens with zero attached hydrogens (tertiary/aromatic N) is 6. The first kappa shape index (κ1) is 18.1. The Kier molecular flexibility index (Phi) is 5.97. The molecule has 3 heterocycles. The first-order valence-electron chi connectivity index (χ1n) is 10.1. The second kappa shape index (κ2) is 8.59. The molecular formula is C19H30N6S. The number of hydrogen-bond acceptors (Lipinski definition) is 6. The molecule has 0 amide bonds. The van der Waals surface area contributed by atoms with Crippen molar-refractivity contribution in [3.63, 3.8) is 0 Å². The Morgan fingerprint density at radius 1 is 1.19 bits per heavy atom. The van der Waals surface area contributed by atoms with Crippen LogP contribution in [-0.4, -0.2) is 62.2 Å². The summed E-state index contributed by atoms with van der Waals surface area (Å²) in [5, 5.41) is 14.9. The number of tetrazole rings is 1. The fourth-order valence-electron chi connectivity index (χ4n) is 4.55. The number of piperazine rings is 1. The van der Waals surface area contributed by atoms with E-state index in [4.69, 9.17) is 0 Å². The third-order valence-corrected chi connectivity index (χ3v) is 6.80. The minimum atomic E-state index is 0.334. The molecule has 0 radical (unpaired) electrons. The Morgan fingerprint density at radius 2 is 2.00 bits per heavy atom. The standard InChI is InChI=1S/C19H30N6S/c1-2-6-18(19-20-21-22-25(19)15-17-9-5-14-26-17)24-12-10-23(11-13-24)16-7-3-4-8-16/h5,9,14,16,18H,2-4,6-8,10-13,15H2,1H3/t18-/m1/s1. The molecule has 6 nitrogen and oxygen atoms in total. The monoisotopic (exact) mass is 374 g/mol. The lowest BCUT2D eigenvalue weighted by molar-refractivity contribution is 0.0627. The quantitative estimate of drug-likeness (QED) is 0.745. The summed E-state index contributed by atoms with van der Waals surface area (Å²) in [5.74, 6) is 1.04. The Morgan fingerprint density at radius 3 is 2.69 bits per heavy atom. The molecule has 0 aromatic carbocycles. The summed E-state index contributed by atoms with van der Waals surface area (Å²) in [7, 11) is 0. The first-order chi connectivity index (χ1) is 12.8. The van der Waals surface area contributed by atoms with Crippen LogP contribution < -0.4 is 0 Å². The highest BCUT2D eigenvalue weighted by Crippen LogP contribution is 2.29. The second-order valence-corrected chi connectivity index (χ2v) is 8.62. The van der Waals surface area contributed by atoms with E-state index >= 15 is 0 Å². The molecule has 1 aliphatic carbocycles. The van der Waals surface area contributed by atoms with Gasteiger partial charge in [0.15, 0.2) is 5.82 Å². The van der Waals surface area contributed by atoms with Crippen LogP contribution in [0.1, 0.15) is 62.2 Å². The summed E-state index contributed by atoms with van der Waals surface area (Å²) >= 11 is 1.77. The lowest BCUT2D eigenvalue weighted by Crippen LogP contribution is -2.50. The molecule has 4 rings (SSSR count). The van der Waals surface area contributed by atoms with Gasteiger partial charge in [0.25, 0.3) is 0 Å². The van der Waals surface area contributed by atoms with Gasteiger partial charge in [-0.1, -0.05) is 32.3 Å². The van der Waals surface area contributed by atoms with Gasteiger partial charge in [-0.2, -0.15) is 0 Å². The number of thiophene rings is 1. The Hall–Kier alpha value is -1.31. The number of hydrogen-bond donors (Lipinski definition) is 0. The summed E-state index contributed by atoms with van der Waals surface area (Å²) in [5.41, 5.74) is 0. The van der Waals surface area contributed by atoms with Gasteiger partial charge in [-0.15, -0.1) is 16.4 Å². The molecular weight excluding hydrogens is 344 g/mol. The zero-order valence-corrected chi connectivity index (χ0v) is 16.6. The molecule has 7 heteroatoms. The van der Waals surface area contributed by atoms with Crippen molar-refractivity contribution in [2.75, 3.05) is 26.2 Å². The van der Waals surface area contributed by atoms with Crippen LogP contribution in [0.2, 0.25) is 0 Å². The van der Waals surface area contributed by atoms with Crippen molar-refractivity contribution >= 4 is 11.3 Å². The van der Waals surface area contributed by atoms with E-state index in [1.54, 1.807) is 11.3 Å². The molecule has 2 aliphatic rings. The molecule has 1 aliphatic heterocycles. The highest BCUT2D eigenvalue weighted by molar-refractivity contribution is 7.09. The van der Waals surface area contributed by atoms with Crippen LogP contribution in [0.4, 0.5) is 0 Å². The van der Waals surface area contributed by atoms with Gasteiger partial charge >= 0.3 is 0 Å². The summed E-state index contributed by atoms with van der Waals surface area (Å²) < 4.78 is 2.01. The molecule has 2 aromatic rings. The van der Waals surface area contributed by atoms with Crippen LogP contribution in [-0.2, 0) is 6.54 Å². The van der Waals surface area contributed by atoms with Crippen molar-refractivity contribution in [3.05, 3.63) is 28.2 Å². The van der Waals surface area contributed by atoms with E-state index in [0.29, 0.717) is 6.04 Å². The van der Waals surface area contributed by atoms with E-state index in [1.807, 2.05) is 4.68 Å². The molecule has 2 fully saturated rings. The zero-order valence-electron chi connectivity index (χ0n) is 15.8. The van der Waals surface area contributed by atoms with Crippen LogP contribution in [0.3, 0.4) is 0 Å². The lowest BCUT2D eigenvalue weighted by Gasteiger charge is -2.41. The third-order valence-electron chi connectivity index (χ3n) is 5.94. The Balaban J connectivity index is 1.44. The minimum absolute atomic E-state index is 0.334. The molecule has 142 valence electrons. The van der Waals surface area contributed by atoms with Gasteiger partial charge in [0.2, 0.25) is 0 Å². The molecule has 2 aromatic heterocycles. The maximum atomic E-state index is 4.44. The van der Waals surface area contributed by atoms with E-state index in [-0.39, 0.29) is 0 Å². The van der Waals surface area contributed by atoms with Gasteiger partial charge in [-0.05, 0) is 41.1 Å². The van der Waals surface area contributed by atoms with Crippen LogP contribution in [0.25, 0.3) is 0 Å². The summed E-state index contributed by atoms with van der Waals surface area (Å²) in [4.78, 5) is 6.65. The zero-order chi connectivity index (χ0) is 17.8. The van der Waals surface area contributed by atoms with Gasteiger partial charge < -0.3 is 0 Å². The predicted molar refractivity (Wildman–Crippen MR) is 104 cm³/mol. The summed E-state index contributed by atoms with van der Waals surface area (Å²) in [6, 6.07) is 5.42. The number of aromatic nitrogens is 4. The first-order valence-corrected chi connectivity index (χ1v) is 11.0. The van der Waals surface area contributed by atoms with Crippen molar-refractivity contribution in [1.29, 1.82) is 0 Å². The van der Waals surface area contributed by atoms with Crippen molar-refractivity contribution < 1.29 is 0 Å². The maximum absolute atomic E-state index is 4.44. The van der Waals surface area contributed by atoms with Gasteiger partial charge in [0.05, 0.1) is 12.6 Å². The van der Waals surface area contributed by atoms with Gasteiger partial charge in [0.1, 0.15) is 0 Å². The summed E-state index contributed by atoms with van der Waals surface area (Å²) in [6.45, 7) is 7.69. The van der Waals surface area contributed by atoms with Gasteiger partial charge in [0, 0.05) is 37.1 Å². The highest BCUT2D eigenvalue weighted by atomic mass is 32.1. The van der Waals surface area contributed by atoms with E-state index in [9.17, 15) is 0 Å². The molecule has 1 atom stereocenters. The largest absolute Gasteiger partial charge is 0.298 e. The Bertz CT molecular complexity index is 655. The van der Waals surface area contributed by atoms with E-state index in [0.717, 1.165) is 44.3 Å². The van der Waals surface area contributed by atoms with Gasteiger partial charge in [-0.25, -0.2) is 4.68 Å². The average molecular weight is 375 g/mol. The smallest absolute Gasteiger partial charge is 0.168 e. The van der Waals surface area contributed by atoms with Crippen molar-refractivity contribution in [2.45, 2.75) is 64.1 Å². The van der Waals surface area contributed by atoms with Crippen LogP contribution >= 0.6 is 11.3 Å². The average Bonchev–Trinajstić information content (AvgIpc) is 3.43. The van der Waals surface area contributed by atoms with Gasteiger partial charge in [-0.3, -0.25) is 9.80 Å². The maximum Gasteiger partial charge on any atom is 0.168 e. The van der Waals surface area contributed by atoms with Crippen LogP contribution in [0, 0.1) is 0 Å². The van der Waals surface area contributed by atoms with Crippen molar-refractivity contribution in [1.82, 2.24) is 30.0 Å². The highest BCUT2D eigenvalue weighted by Gasteiger charge is 2.31. The van der Waals surface area contributed by atoms with Crippen molar-refractivity contribution in [2.24, 2.45) is 0 Å². The topological polar surface area (TPSA) is 50.1 Å². The van der Waals surface area contributed by atoms with Crippen LogP contribution in [0.5, 0.6) is 0 Å². The SMILES string of the molecule is CCC[C@H](c1nnnn1Cc1cccs1)N1CCN(C2CCCC2)CC1. The van der Waals surface area contributed by atoms with E-state index in [1.165, 1.54) is 43.6 Å². The van der Waals surface area contributed by atoms with E-state index < -0.39 is 0 Å². The second-order valence-electron chi connectivity index (χ2n) is 7.59. The minimum Gasteiger partial charge on any atom is -0.298 e. The molecule has 26 heavy (non-hydrogen) atoms. The fourth-order valence-corrected chi connectivity index (χ4v) is 5.23. The third kappa shape index (κ3) is 4.00. The normalized spacial score (nSPS) is 21.4. The Labute approximate surface area is 160 Å². The molecule has 0 N–H and O–H groups in total.